The van der Waals surface area contributed by atoms with Crippen LogP contribution in [0.25, 0.3) is 0 Å². The number of hydrogen-bond acceptors (Lipinski definition) is 3. The first kappa shape index (κ1) is 23.4. The zero-order valence-corrected chi connectivity index (χ0v) is 15.6. The third-order valence-corrected chi connectivity index (χ3v) is 3.63. The van der Waals surface area contributed by atoms with Crippen molar-refractivity contribution in [2.75, 3.05) is 19.8 Å². The lowest BCUT2D eigenvalue weighted by Crippen LogP contribution is -2.45. The maximum atomic E-state index is 5.82. The highest BCUT2D eigenvalue weighted by Gasteiger charge is 2.38. The first-order valence-corrected chi connectivity index (χ1v) is 8.58. The summed E-state index contributed by atoms with van der Waals surface area (Å²) in [5, 5.41) is 0. The second kappa shape index (κ2) is 15.1. The molecule has 0 aliphatic carbocycles. The number of halogens is 1. The number of rotatable bonds is 14. The summed E-state index contributed by atoms with van der Waals surface area (Å²) in [6, 6.07) is 0. The van der Waals surface area contributed by atoms with Gasteiger partial charge in [-0.25, -0.2) is 0 Å². The summed E-state index contributed by atoms with van der Waals surface area (Å²) in [7, 11) is 0. The maximum absolute atomic E-state index is 5.82. The summed E-state index contributed by atoms with van der Waals surface area (Å²) in [4.78, 5) is 0. The van der Waals surface area contributed by atoms with Gasteiger partial charge in [-0.15, -0.1) is 12.4 Å². The van der Waals surface area contributed by atoms with Crippen molar-refractivity contribution in [2.24, 2.45) is 5.92 Å². The molecule has 0 rings (SSSR count). The molecule has 0 aromatic heterocycles. The molecule has 0 N–H and O–H groups in total. The monoisotopic (exact) mass is 324 g/mol. The van der Waals surface area contributed by atoms with E-state index in [9.17, 15) is 0 Å². The van der Waals surface area contributed by atoms with Gasteiger partial charge >= 0.3 is 0 Å². The topological polar surface area (TPSA) is 27.7 Å². The van der Waals surface area contributed by atoms with E-state index in [0.717, 1.165) is 6.42 Å². The molecule has 4 heteroatoms. The lowest BCUT2D eigenvalue weighted by Gasteiger charge is -2.37. The van der Waals surface area contributed by atoms with Crippen molar-refractivity contribution in [2.45, 2.75) is 85.5 Å². The molecule has 0 aromatic carbocycles. The lowest BCUT2D eigenvalue weighted by molar-refractivity contribution is -0.400. The molecule has 0 aliphatic heterocycles. The molecule has 0 aliphatic rings. The fraction of sp³-hybridized carbons (Fsp3) is 1.00. The average molecular weight is 325 g/mol. The van der Waals surface area contributed by atoms with Gasteiger partial charge in [0.15, 0.2) is 0 Å². The van der Waals surface area contributed by atoms with E-state index in [4.69, 9.17) is 14.2 Å². The molecule has 0 aromatic rings. The maximum Gasteiger partial charge on any atom is 0.285 e. The van der Waals surface area contributed by atoms with Crippen LogP contribution in [0.1, 0.15) is 79.6 Å². The fourth-order valence-electron chi connectivity index (χ4n) is 2.56. The predicted octanol–water partition coefficient (Wildman–Crippen LogP) is 5.56. The minimum absolute atomic E-state index is 0. The van der Waals surface area contributed by atoms with Crippen molar-refractivity contribution in [3.63, 3.8) is 0 Å². The summed E-state index contributed by atoms with van der Waals surface area (Å²) < 4.78 is 17.5. The molecule has 0 fully saturated rings. The van der Waals surface area contributed by atoms with Crippen molar-refractivity contribution in [1.29, 1.82) is 0 Å². The van der Waals surface area contributed by atoms with Crippen LogP contribution in [0, 0.1) is 5.92 Å². The van der Waals surface area contributed by atoms with Crippen molar-refractivity contribution in [1.82, 2.24) is 0 Å². The Morgan fingerprint density at radius 1 is 0.714 bits per heavy atom. The Hall–Kier alpha value is 0.170. The van der Waals surface area contributed by atoms with Gasteiger partial charge in [-0.3, -0.25) is 0 Å². The van der Waals surface area contributed by atoms with Crippen LogP contribution in [0.3, 0.4) is 0 Å². The zero-order chi connectivity index (χ0) is 15.3. The van der Waals surface area contributed by atoms with Crippen LogP contribution in [0.2, 0.25) is 0 Å². The number of hydrogen-bond donors (Lipinski definition) is 0. The Balaban J connectivity index is 0. The molecule has 0 heterocycles. The predicted molar refractivity (Wildman–Crippen MR) is 92.0 cm³/mol. The van der Waals surface area contributed by atoms with Gasteiger partial charge < -0.3 is 14.2 Å². The van der Waals surface area contributed by atoms with Crippen LogP contribution in [-0.4, -0.2) is 25.8 Å². The quantitative estimate of drug-likeness (QED) is 0.309. The molecule has 0 bridgehead atoms. The van der Waals surface area contributed by atoms with Crippen molar-refractivity contribution < 1.29 is 14.2 Å². The summed E-state index contributed by atoms with van der Waals surface area (Å²) in [5.74, 6) is -0.588. The Morgan fingerprint density at radius 3 is 1.57 bits per heavy atom. The fourth-order valence-corrected chi connectivity index (χ4v) is 2.56. The van der Waals surface area contributed by atoms with Gasteiger partial charge in [-0.1, -0.05) is 52.4 Å². The van der Waals surface area contributed by atoms with Crippen molar-refractivity contribution >= 4 is 12.4 Å². The Bertz CT molecular complexity index is 195. The molecule has 130 valence electrons. The molecule has 0 spiro atoms. The van der Waals surface area contributed by atoms with Crippen LogP contribution in [0.4, 0.5) is 0 Å². The third-order valence-electron chi connectivity index (χ3n) is 3.63. The van der Waals surface area contributed by atoms with E-state index >= 15 is 0 Å². The van der Waals surface area contributed by atoms with E-state index in [1.54, 1.807) is 0 Å². The van der Waals surface area contributed by atoms with Crippen molar-refractivity contribution in [3.8, 4) is 0 Å². The van der Waals surface area contributed by atoms with Crippen molar-refractivity contribution in [3.05, 3.63) is 0 Å². The summed E-state index contributed by atoms with van der Waals surface area (Å²) in [6.07, 6.45) is 8.97. The first-order valence-electron chi connectivity index (χ1n) is 8.58. The molecule has 0 amide bonds. The highest BCUT2D eigenvalue weighted by molar-refractivity contribution is 5.85. The Labute approximate surface area is 138 Å². The number of unbranched alkanes of at least 4 members (excludes halogenated alkanes) is 5. The van der Waals surface area contributed by atoms with E-state index in [-0.39, 0.29) is 18.3 Å². The zero-order valence-electron chi connectivity index (χ0n) is 14.8. The molecule has 0 saturated carbocycles. The van der Waals surface area contributed by atoms with E-state index in [2.05, 4.69) is 13.8 Å². The van der Waals surface area contributed by atoms with Crippen LogP contribution < -0.4 is 0 Å². The smallest absolute Gasteiger partial charge is 0.285 e. The standard InChI is InChI=1S/C17H36O3.ClH/c1-6-10-11-12-13-14-15-16(5)17(18-7-2,19-8-3)20-9-4;/h16H,6-15H2,1-5H3;1H. The van der Waals surface area contributed by atoms with E-state index < -0.39 is 5.97 Å². The second-order valence-corrected chi connectivity index (χ2v) is 5.36. The van der Waals surface area contributed by atoms with Crippen LogP contribution in [0.5, 0.6) is 0 Å². The molecule has 0 saturated heterocycles. The SMILES string of the molecule is CCCCCCCCC(C)C(OCC)(OCC)OCC.Cl. The van der Waals surface area contributed by atoms with E-state index in [1.807, 2.05) is 20.8 Å². The molecular formula is C17H37ClO3. The van der Waals surface area contributed by atoms with Gasteiger partial charge in [0.2, 0.25) is 0 Å². The minimum atomic E-state index is -0.846. The van der Waals surface area contributed by atoms with Crippen LogP contribution in [-0.2, 0) is 14.2 Å². The highest BCUT2D eigenvalue weighted by Crippen LogP contribution is 2.30. The van der Waals surface area contributed by atoms with Crippen LogP contribution in [0.15, 0.2) is 0 Å². The first-order chi connectivity index (χ1) is 9.66. The molecule has 1 unspecified atom stereocenters. The summed E-state index contributed by atoms with van der Waals surface area (Å²) in [5.41, 5.74) is 0. The van der Waals surface area contributed by atoms with E-state index in [1.165, 1.54) is 38.5 Å². The molecule has 3 nitrogen and oxygen atoms in total. The lowest BCUT2D eigenvalue weighted by atomic mass is 9.99. The third kappa shape index (κ3) is 9.72. The number of ether oxygens (including phenoxy) is 3. The largest absolute Gasteiger partial charge is 0.328 e. The summed E-state index contributed by atoms with van der Waals surface area (Å²) >= 11 is 0. The van der Waals surface area contributed by atoms with Gasteiger partial charge in [0.1, 0.15) is 0 Å². The molecule has 21 heavy (non-hydrogen) atoms. The molecule has 1 atom stereocenters. The van der Waals surface area contributed by atoms with Gasteiger partial charge in [-0.05, 0) is 27.2 Å². The normalized spacial score (nSPS) is 13.0. The minimum Gasteiger partial charge on any atom is -0.328 e. The average Bonchev–Trinajstić information content (AvgIpc) is 2.43. The molecule has 0 radical (unpaired) electrons. The second-order valence-electron chi connectivity index (χ2n) is 5.36. The molecular weight excluding hydrogens is 288 g/mol. The van der Waals surface area contributed by atoms with Gasteiger partial charge in [0.25, 0.3) is 5.97 Å². The summed E-state index contributed by atoms with van der Waals surface area (Å²) in [6.45, 7) is 12.2. The van der Waals surface area contributed by atoms with Gasteiger partial charge in [0, 0.05) is 25.7 Å². The van der Waals surface area contributed by atoms with Gasteiger partial charge in [-0.2, -0.15) is 0 Å². The Kier molecular flexibility index (Phi) is 16.8. The van der Waals surface area contributed by atoms with Gasteiger partial charge in [0.05, 0.1) is 0 Å². The highest BCUT2D eigenvalue weighted by atomic mass is 35.5. The Morgan fingerprint density at radius 2 is 1.14 bits per heavy atom. The van der Waals surface area contributed by atoms with E-state index in [0.29, 0.717) is 19.8 Å². The van der Waals surface area contributed by atoms with Crippen LogP contribution >= 0.6 is 12.4 Å².